The number of hydrogen-bond donors (Lipinski definition) is 1. The van der Waals surface area contributed by atoms with E-state index in [1.165, 1.54) is 0 Å². The number of halogens is 2. The highest BCUT2D eigenvalue weighted by Gasteiger charge is 2.22. The molecule has 1 amide bonds. The summed E-state index contributed by atoms with van der Waals surface area (Å²) >= 11 is 6.75. The molecule has 1 aromatic heterocycles. The number of phenols is 1. The molecule has 1 aliphatic rings. The third-order valence-corrected chi connectivity index (χ3v) is 4.96. The summed E-state index contributed by atoms with van der Waals surface area (Å²) in [4.78, 5) is 18.9. The fourth-order valence-corrected chi connectivity index (χ4v) is 3.75. The topological polar surface area (TPSA) is 62.7 Å². The van der Waals surface area contributed by atoms with E-state index >= 15 is 0 Å². The summed E-state index contributed by atoms with van der Waals surface area (Å²) < 4.78 is 6.61. The first kappa shape index (κ1) is 15.7. The average molecular weight is 430 g/mol. The van der Waals surface area contributed by atoms with Crippen molar-refractivity contribution >= 4 is 48.7 Å². The van der Waals surface area contributed by atoms with Crippen molar-refractivity contribution in [1.82, 2.24) is 9.88 Å². The molecule has 0 spiro atoms. The van der Waals surface area contributed by atoms with Gasteiger partial charge >= 0.3 is 0 Å². The molecular weight excluding hydrogens is 416 g/mol. The van der Waals surface area contributed by atoms with E-state index in [0.717, 1.165) is 4.47 Å². The second-order valence-corrected chi connectivity index (χ2v) is 6.82. The highest BCUT2D eigenvalue weighted by Crippen LogP contribution is 2.37. The number of phenolic OH excluding ortho intramolecular Hbond substituents is 1. The van der Waals surface area contributed by atoms with Gasteiger partial charge in [0.15, 0.2) is 5.75 Å². The molecule has 116 valence electrons. The number of aromatic nitrogens is 1. The normalized spacial score (nSPS) is 15.3. The van der Waals surface area contributed by atoms with Crippen molar-refractivity contribution in [3.63, 3.8) is 0 Å². The van der Waals surface area contributed by atoms with E-state index in [-0.39, 0.29) is 11.7 Å². The minimum Gasteiger partial charge on any atom is -0.505 e. The van der Waals surface area contributed by atoms with Gasteiger partial charge in [0.25, 0.3) is 5.91 Å². The monoisotopic (exact) mass is 428 g/mol. The molecule has 0 atom stereocenters. The maximum absolute atomic E-state index is 12.7. The number of aromatic hydroxyl groups is 1. The van der Waals surface area contributed by atoms with Crippen molar-refractivity contribution in [2.45, 2.75) is 6.92 Å². The Morgan fingerprint density at radius 2 is 1.95 bits per heavy atom. The number of carbonyl (C=O) groups is 1. The van der Waals surface area contributed by atoms with Gasteiger partial charge in [-0.15, -0.1) is 0 Å². The van der Waals surface area contributed by atoms with Crippen molar-refractivity contribution < 1.29 is 14.6 Å². The van der Waals surface area contributed by atoms with Crippen LogP contribution in [0.4, 0.5) is 0 Å². The minimum absolute atomic E-state index is 0.0514. The number of ether oxygens (including phenoxy) is 1. The Labute approximate surface area is 144 Å². The predicted octanol–water partition coefficient (Wildman–Crippen LogP) is 3.25. The van der Waals surface area contributed by atoms with Crippen LogP contribution in [0.25, 0.3) is 10.9 Å². The number of hydrogen-bond acceptors (Lipinski definition) is 4. The molecule has 0 bridgehead atoms. The van der Waals surface area contributed by atoms with Crippen LogP contribution in [-0.4, -0.2) is 47.2 Å². The average Bonchev–Trinajstić information content (AvgIpc) is 2.52. The van der Waals surface area contributed by atoms with Crippen molar-refractivity contribution in [3.8, 4) is 5.75 Å². The highest BCUT2D eigenvalue weighted by atomic mass is 79.9. The molecule has 3 rings (SSSR count). The molecule has 7 heteroatoms. The van der Waals surface area contributed by atoms with Gasteiger partial charge in [-0.3, -0.25) is 4.79 Å². The molecule has 0 radical (unpaired) electrons. The van der Waals surface area contributed by atoms with Gasteiger partial charge in [0.2, 0.25) is 0 Å². The summed E-state index contributed by atoms with van der Waals surface area (Å²) in [6.45, 7) is 4.07. The standard InChI is InChI=1S/C15H14Br2N2O3/c1-8-9(15(21)19-2-4-22-5-3-19)6-10-11(16)7-12(17)14(20)13(10)18-8/h6-7,20H,2-5H2,1H3. The molecule has 0 unspecified atom stereocenters. The molecule has 0 aliphatic carbocycles. The molecule has 1 aromatic carbocycles. The van der Waals surface area contributed by atoms with E-state index in [2.05, 4.69) is 36.8 Å². The number of morpholine rings is 1. The number of nitrogens with zero attached hydrogens (tertiary/aromatic N) is 2. The van der Waals surface area contributed by atoms with Gasteiger partial charge in [-0.1, -0.05) is 15.9 Å². The third-order valence-electron chi connectivity index (χ3n) is 3.70. The van der Waals surface area contributed by atoms with Gasteiger partial charge in [0, 0.05) is 22.9 Å². The summed E-state index contributed by atoms with van der Waals surface area (Å²) in [6.07, 6.45) is 0. The quantitative estimate of drug-likeness (QED) is 0.755. The Bertz CT molecular complexity index is 758. The summed E-state index contributed by atoms with van der Waals surface area (Å²) in [6, 6.07) is 3.53. The highest BCUT2D eigenvalue weighted by molar-refractivity contribution is 9.11. The minimum atomic E-state index is -0.0514. The number of carbonyl (C=O) groups excluding carboxylic acids is 1. The molecule has 5 nitrogen and oxygen atoms in total. The molecule has 0 saturated carbocycles. The number of pyridine rings is 1. The van der Waals surface area contributed by atoms with Crippen LogP contribution in [0.1, 0.15) is 16.1 Å². The summed E-state index contributed by atoms with van der Waals surface area (Å²) in [7, 11) is 0. The molecule has 2 heterocycles. The van der Waals surface area contributed by atoms with Gasteiger partial charge in [-0.2, -0.15) is 0 Å². The molecule has 1 fully saturated rings. The van der Waals surface area contributed by atoms with Crippen molar-refractivity contribution in [2.75, 3.05) is 26.3 Å². The first-order chi connectivity index (χ1) is 10.5. The molecule has 22 heavy (non-hydrogen) atoms. The first-order valence-corrected chi connectivity index (χ1v) is 8.43. The number of rotatable bonds is 1. The Balaban J connectivity index is 2.11. The third kappa shape index (κ3) is 2.73. The predicted molar refractivity (Wildman–Crippen MR) is 90.3 cm³/mol. The van der Waals surface area contributed by atoms with Gasteiger partial charge in [-0.05, 0) is 35.0 Å². The van der Waals surface area contributed by atoms with Crippen molar-refractivity contribution in [2.24, 2.45) is 0 Å². The second kappa shape index (κ2) is 6.14. The number of amides is 1. The van der Waals surface area contributed by atoms with Crippen LogP contribution in [-0.2, 0) is 4.74 Å². The lowest BCUT2D eigenvalue weighted by molar-refractivity contribution is 0.0302. The molecular formula is C15H14Br2N2O3. The maximum atomic E-state index is 12.7. The molecule has 1 N–H and O–H groups in total. The van der Waals surface area contributed by atoms with E-state index in [9.17, 15) is 9.90 Å². The molecule has 1 saturated heterocycles. The van der Waals surface area contributed by atoms with E-state index in [4.69, 9.17) is 4.74 Å². The van der Waals surface area contributed by atoms with Crippen LogP contribution < -0.4 is 0 Å². The Hall–Kier alpha value is -1.18. The van der Waals surface area contributed by atoms with E-state index in [1.807, 2.05) is 0 Å². The van der Waals surface area contributed by atoms with E-state index in [1.54, 1.807) is 24.0 Å². The summed E-state index contributed by atoms with van der Waals surface area (Å²) in [5.74, 6) is 0.0242. The van der Waals surface area contributed by atoms with Gasteiger partial charge in [0.1, 0.15) is 5.52 Å². The fraction of sp³-hybridized carbons (Fsp3) is 0.333. The van der Waals surface area contributed by atoms with Crippen LogP contribution in [0.2, 0.25) is 0 Å². The lowest BCUT2D eigenvalue weighted by atomic mass is 10.1. The second-order valence-electron chi connectivity index (χ2n) is 5.11. The van der Waals surface area contributed by atoms with Crippen LogP contribution in [0.15, 0.2) is 21.1 Å². The van der Waals surface area contributed by atoms with E-state index < -0.39 is 0 Å². The van der Waals surface area contributed by atoms with Crippen molar-refractivity contribution in [3.05, 3.63) is 32.3 Å². The zero-order chi connectivity index (χ0) is 15.9. The molecule has 1 aliphatic heterocycles. The summed E-state index contributed by atoms with van der Waals surface area (Å²) in [5, 5.41) is 10.9. The molecule has 2 aromatic rings. The zero-order valence-electron chi connectivity index (χ0n) is 11.9. The largest absolute Gasteiger partial charge is 0.505 e. The van der Waals surface area contributed by atoms with Gasteiger partial charge in [-0.25, -0.2) is 4.98 Å². The van der Waals surface area contributed by atoms with Gasteiger partial charge < -0.3 is 14.7 Å². The Morgan fingerprint density at radius 3 is 2.64 bits per heavy atom. The van der Waals surface area contributed by atoms with E-state index in [0.29, 0.717) is 52.9 Å². The van der Waals surface area contributed by atoms with Crippen LogP contribution in [0, 0.1) is 6.92 Å². The first-order valence-electron chi connectivity index (χ1n) is 6.84. The zero-order valence-corrected chi connectivity index (χ0v) is 15.1. The van der Waals surface area contributed by atoms with Crippen LogP contribution in [0.5, 0.6) is 5.75 Å². The maximum Gasteiger partial charge on any atom is 0.255 e. The summed E-state index contributed by atoms with van der Waals surface area (Å²) in [5.41, 5.74) is 1.62. The lowest BCUT2D eigenvalue weighted by Crippen LogP contribution is -2.41. The number of fused-ring (bicyclic) bond motifs is 1. The number of benzene rings is 1. The fourth-order valence-electron chi connectivity index (χ4n) is 2.49. The lowest BCUT2D eigenvalue weighted by Gasteiger charge is -2.27. The number of aryl methyl sites for hydroxylation is 1. The van der Waals surface area contributed by atoms with Crippen LogP contribution >= 0.6 is 31.9 Å². The van der Waals surface area contributed by atoms with Crippen LogP contribution in [0.3, 0.4) is 0 Å². The Morgan fingerprint density at radius 1 is 1.27 bits per heavy atom. The van der Waals surface area contributed by atoms with Crippen molar-refractivity contribution in [1.29, 1.82) is 0 Å². The SMILES string of the molecule is Cc1nc2c(O)c(Br)cc(Br)c2cc1C(=O)N1CCOCC1. The smallest absolute Gasteiger partial charge is 0.255 e. The Kier molecular flexibility index (Phi) is 4.38. The van der Waals surface area contributed by atoms with Gasteiger partial charge in [0.05, 0.1) is 28.9 Å².